The van der Waals surface area contributed by atoms with Crippen molar-refractivity contribution >= 4 is 52.4 Å². The minimum atomic E-state index is -0.750. The molecule has 0 aliphatic carbocycles. The standard InChI is InChI=1S/C19H20Cl2N2O.O2S/c1-22-16-8-4-14(5-9-16)7-11-19(24)23-12-2-3-15-6-10-17(20)18(21)13-15;1-3-2/h2-6,8-10,13,22H,7,11-12H2,1H3,(H,23,24);/b3-2+;. The van der Waals surface area contributed by atoms with Gasteiger partial charge in [0.1, 0.15) is 0 Å². The van der Waals surface area contributed by atoms with Gasteiger partial charge in [-0.15, -0.1) is 0 Å². The second kappa shape index (κ2) is 13.1. The molecule has 2 N–H and O–H groups in total. The van der Waals surface area contributed by atoms with Crippen LogP contribution >= 0.6 is 23.2 Å². The van der Waals surface area contributed by atoms with E-state index < -0.39 is 11.6 Å². The van der Waals surface area contributed by atoms with Crippen molar-refractivity contribution in [2.75, 3.05) is 18.9 Å². The van der Waals surface area contributed by atoms with Gasteiger partial charge in [0, 0.05) is 25.7 Å². The lowest BCUT2D eigenvalue weighted by molar-refractivity contribution is -0.120. The number of rotatable bonds is 7. The van der Waals surface area contributed by atoms with Gasteiger partial charge in [-0.2, -0.15) is 8.42 Å². The molecule has 8 heteroatoms. The van der Waals surface area contributed by atoms with Crippen LogP contribution in [0.3, 0.4) is 0 Å². The van der Waals surface area contributed by atoms with Gasteiger partial charge in [0.15, 0.2) is 0 Å². The Hall–Kier alpha value is -2.15. The van der Waals surface area contributed by atoms with Crippen LogP contribution in [-0.4, -0.2) is 27.9 Å². The maximum Gasteiger partial charge on any atom is 0.335 e. The van der Waals surface area contributed by atoms with Gasteiger partial charge in [0.2, 0.25) is 5.91 Å². The predicted molar refractivity (Wildman–Crippen MR) is 112 cm³/mol. The molecule has 27 heavy (non-hydrogen) atoms. The molecule has 144 valence electrons. The maximum absolute atomic E-state index is 11.9. The molecule has 0 heterocycles. The van der Waals surface area contributed by atoms with Crippen LogP contribution < -0.4 is 10.6 Å². The molecule has 0 unspecified atom stereocenters. The fraction of sp³-hybridized carbons (Fsp3) is 0.211. The average molecular weight is 427 g/mol. The van der Waals surface area contributed by atoms with Crippen LogP contribution in [0.2, 0.25) is 10.0 Å². The summed E-state index contributed by atoms with van der Waals surface area (Å²) in [4.78, 5) is 11.9. The van der Waals surface area contributed by atoms with Gasteiger partial charge < -0.3 is 10.6 Å². The molecule has 0 bridgehead atoms. The van der Waals surface area contributed by atoms with Crippen LogP contribution in [0.15, 0.2) is 48.5 Å². The van der Waals surface area contributed by atoms with E-state index in [4.69, 9.17) is 31.6 Å². The van der Waals surface area contributed by atoms with Crippen molar-refractivity contribution in [2.24, 2.45) is 0 Å². The van der Waals surface area contributed by atoms with Crippen LogP contribution in [0.4, 0.5) is 5.69 Å². The molecule has 0 aromatic heterocycles. The first-order valence-corrected chi connectivity index (χ1v) is 9.49. The van der Waals surface area contributed by atoms with Crippen LogP contribution in [0, 0.1) is 0 Å². The van der Waals surface area contributed by atoms with E-state index >= 15 is 0 Å². The van der Waals surface area contributed by atoms with E-state index in [2.05, 4.69) is 10.6 Å². The Bertz CT molecular complexity index is 805. The van der Waals surface area contributed by atoms with Gasteiger partial charge in [-0.05, 0) is 41.8 Å². The van der Waals surface area contributed by atoms with E-state index in [-0.39, 0.29) is 5.91 Å². The molecule has 0 saturated carbocycles. The molecule has 0 atom stereocenters. The van der Waals surface area contributed by atoms with Gasteiger partial charge in [0.05, 0.1) is 10.0 Å². The highest BCUT2D eigenvalue weighted by atomic mass is 35.5. The normalized spacial score (nSPS) is 10.0. The van der Waals surface area contributed by atoms with E-state index in [1.165, 1.54) is 0 Å². The molecule has 0 fully saturated rings. The Morgan fingerprint density at radius 2 is 1.74 bits per heavy atom. The Labute approximate surface area is 172 Å². The minimum absolute atomic E-state index is 0.0338. The molecule has 0 radical (unpaired) electrons. The first-order chi connectivity index (χ1) is 13.0. The molecule has 0 spiro atoms. The van der Waals surface area contributed by atoms with Gasteiger partial charge in [0.25, 0.3) is 0 Å². The number of aryl methyl sites for hydroxylation is 1. The summed E-state index contributed by atoms with van der Waals surface area (Å²) < 4.78 is 16.6. The van der Waals surface area contributed by atoms with Crippen molar-refractivity contribution in [3.05, 3.63) is 69.7 Å². The number of hydrogen-bond donors (Lipinski definition) is 2. The predicted octanol–water partition coefficient (Wildman–Crippen LogP) is 4.13. The lowest BCUT2D eigenvalue weighted by Gasteiger charge is -2.04. The zero-order valence-electron chi connectivity index (χ0n) is 14.7. The zero-order chi connectivity index (χ0) is 20.1. The van der Waals surface area contributed by atoms with Gasteiger partial charge in [-0.1, -0.05) is 53.6 Å². The zero-order valence-corrected chi connectivity index (χ0v) is 17.0. The highest BCUT2D eigenvalue weighted by Gasteiger charge is 2.01. The third-order valence-electron chi connectivity index (χ3n) is 3.55. The number of anilines is 1. The topological polar surface area (TPSA) is 75.3 Å². The third-order valence-corrected chi connectivity index (χ3v) is 4.29. The molecule has 2 aromatic carbocycles. The fourth-order valence-corrected chi connectivity index (χ4v) is 2.47. The first-order valence-electron chi connectivity index (χ1n) is 8.07. The lowest BCUT2D eigenvalue weighted by atomic mass is 10.1. The Balaban J connectivity index is 0.00000114. The Morgan fingerprint density at radius 1 is 1.07 bits per heavy atom. The quantitative estimate of drug-likeness (QED) is 0.697. The highest BCUT2D eigenvalue weighted by Crippen LogP contribution is 2.23. The smallest absolute Gasteiger partial charge is 0.335 e. The minimum Gasteiger partial charge on any atom is -0.388 e. The van der Waals surface area contributed by atoms with Crippen LogP contribution in [-0.2, 0) is 22.8 Å². The number of carbonyl (C=O) groups is 1. The summed E-state index contributed by atoms with van der Waals surface area (Å²) >= 11 is 11.1. The number of amides is 1. The van der Waals surface area contributed by atoms with Crippen LogP contribution in [0.25, 0.3) is 6.08 Å². The fourth-order valence-electron chi connectivity index (χ4n) is 2.17. The number of halogens is 2. The second-order valence-electron chi connectivity index (χ2n) is 5.39. The summed E-state index contributed by atoms with van der Waals surface area (Å²) in [6.45, 7) is 0.484. The summed E-state index contributed by atoms with van der Waals surface area (Å²) in [5.41, 5.74) is 3.16. The van der Waals surface area contributed by atoms with E-state index in [0.29, 0.717) is 23.0 Å². The summed E-state index contributed by atoms with van der Waals surface area (Å²) in [6, 6.07) is 13.5. The van der Waals surface area contributed by atoms with Gasteiger partial charge in [-0.25, -0.2) is 0 Å². The lowest BCUT2D eigenvalue weighted by Crippen LogP contribution is -2.23. The molecule has 0 saturated heterocycles. The van der Waals surface area contributed by atoms with E-state index in [9.17, 15) is 4.79 Å². The molecule has 1 amide bonds. The molecule has 0 aliphatic rings. The average Bonchev–Trinajstić information content (AvgIpc) is 2.67. The largest absolute Gasteiger partial charge is 0.388 e. The van der Waals surface area contributed by atoms with Gasteiger partial charge >= 0.3 is 11.6 Å². The Kier molecular flexibility index (Phi) is 11.1. The maximum atomic E-state index is 11.9. The SMILES string of the molecule is CNc1ccc(CCC(=O)NC/C=C/c2ccc(Cl)c(Cl)c2)cc1.O=S=O. The van der Waals surface area contributed by atoms with E-state index in [1.807, 2.05) is 49.5 Å². The molecule has 5 nitrogen and oxygen atoms in total. The van der Waals surface area contributed by atoms with Crippen LogP contribution in [0.5, 0.6) is 0 Å². The van der Waals surface area contributed by atoms with E-state index in [0.717, 1.165) is 23.2 Å². The monoisotopic (exact) mass is 426 g/mol. The molecular formula is C19H20Cl2N2O3S. The number of hydrogen-bond acceptors (Lipinski definition) is 4. The first kappa shape index (κ1) is 22.9. The molecule has 2 rings (SSSR count). The number of carbonyl (C=O) groups excluding carboxylic acids is 1. The summed E-state index contributed by atoms with van der Waals surface area (Å²) in [7, 11) is 1.88. The molecular weight excluding hydrogens is 407 g/mol. The summed E-state index contributed by atoms with van der Waals surface area (Å²) in [5.74, 6) is 0.0338. The Morgan fingerprint density at radius 3 is 2.33 bits per heavy atom. The summed E-state index contributed by atoms with van der Waals surface area (Å²) in [6.07, 6.45) is 4.99. The van der Waals surface area contributed by atoms with Crippen LogP contribution in [0.1, 0.15) is 17.5 Å². The van der Waals surface area contributed by atoms with Crippen molar-refractivity contribution in [3.8, 4) is 0 Å². The molecule has 0 aliphatic heterocycles. The van der Waals surface area contributed by atoms with E-state index in [1.54, 1.807) is 12.1 Å². The highest BCUT2D eigenvalue weighted by molar-refractivity contribution is 7.51. The van der Waals surface area contributed by atoms with Crippen molar-refractivity contribution in [1.29, 1.82) is 0 Å². The van der Waals surface area contributed by atoms with Crippen molar-refractivity contribution in [3.63, 3.8) is 0 Å². The van der Waals surface area contributed by atoms with Crippen molar-refractivity contribution in [2.45, 2.75) is 12.8 Å². The number of benzene rings is 2. The van der Waals surface area contributed by atoms with Crippen molar-refractivity contribution < 1.29 is 13.2 Å². The summed E-state index contributed by atoms with van der Waals surface area (Å²) in [5, 5.41) is 7.00. The number of nitrogens with one attached hydrogen (secondary N) is 2. The van der Waals surface area contributed by atoms with Crippen molar-refractivity contribution in [1.82, 2.24) is 5.32 Å². The second-order valence-corrected chi connectivity index (χ2v) is 6.35. The third kappa shape index (κ3) is 9.38. The van der Waals surface area contributed by atoms with Gasteiger partial charge in [-0.3, -0.25) is 4.79 Å². The molecule has 2 aromatic rings.